The summed E-state index contributed by atoms with van der Waals surface area (Å²) in [6.07, 6.45) is 9.85. The average molecular weight is 222 g/mol. The number of aliphatic hydroxyl groups is 1. The van der Waals surface area contributed by atoms with E-state index in [1.54, 1.807) is 0 Å². The SMILES string of the molecule is C=C(C)CCC/C(C)=C\CC/C(C)=C\CO. The van der Waals surface area contributed by atoms with Crippen LogP contribution in [0.15, 0.2) is 35.5 Å². The third-order valence-electron chi connectivity index (χ3n) is 2.65. The van der Waals surface area contributed by atoms with Crippen molar-refractivity contribution in [3.8, 4) is 0 Å². The zero-order valence-corrected chi connectivity index (χ0v) is 11.1. The Morgan fingerprint density at radius 2 is 1.62 bits per heavy atom. The molecule has 0 bridgehead atoms. The topological polar surface area (TPSA) is 20.2 Å². The van der Waals surface area contributed by atoms with Crippen molar-refractivity contribution in [1.82, 2.24) is 0 Å². The average Bonchev–Trinajstić information content (AvgIpc) is 2.17. The monoisotopic (exact) mass is 222 g/mol. The standard InChI is InChI=1S/C15H26O/c1-13(2)7-5-8-14(3)9-6-10-15(4)11-12-16/h9,11,16H,1,5-8,10,12H2,2-4H3/b14-9-,15-11-. The van der Waals surface area contributed by atoms with Crippen LogP contribution in [0.4, 0.5) is 0 Å². The van der Waals surface area contributed by atoms with Gasteiger partial charge in [-0.2, -0.15) is 0 Å². The molecule has 0 saturated heterocycles. The summed E-state index contributed by atoms with van der Waals surface area (Å²) in [5, 5.41) is 8.71. The van der Waals surface area contributed by atoms with Gasteiger partial charge in [0.2, 0.25) is 0 Å². The summed E-state index contributed by atoms with van der Waals surface area (Å²) in [6.45, 7) is 10.4. The lowest BCUT2D eigenvalue weighted by molar-refractivity contribution is 0.341. The van der Waals surface area contributed by atoms with Crippen molar-refractivity contribution in [3.05, 3.63) is 35.5 Å². The van der Waals surface area contributed by atoms with Crippen molar-refractivity contribution >= 4 is 0 Å². The second kappa shape index (κ2) is 9.41. The maximum absolute atomic E-state index is 8.71. The minimum Gasteiger partial charge on any atom is -0.392 e. The highest BCUT2D eigenvalue weighted by Gasteiger charge is 1.93. The Labute approximate surface area is 101 Å². The first kappa shape index (κ1) is 15.2. The molecule has 0 aliphatic heterocycles. The number of rotatable bonds is 8. The van der Waals surface area contributed by atoms with E-state index in [-0.39, 0.29) is 6.61 Å². The summed E-state index contributed by atoms with van der Waals surface area (Å²) in [4.78, 5) is 0. The summed E-state index contributed by atoms with van der Waals surface area (Å²) in [5.74, 6) is 0. The van der Waals surface area contributed by atoms with E-state index < -0.39 is 0 Å². The lowest BCUT2D eigenvalue weighted by Crippen LogP contribution is -1.83. The lowest BCUT2D eigenvalue weighted by Gasteiger charge is -2.02. The third-order valence-corrected chi connectivity index (χ3v) is 2.65. The number of hydrogen-bond acceptors (Lipinski definition) is 1. The Hall–Kier alpha value is -0.820. The highest BCUT2D eigenvalue weighted by Crippen LogP contribution is 2.12. The molecule has 0 aromatic heterocycles. The Balaban J connectivity index is 3.70. The van der Waals surface area contributed by atoms with Crippen LogP contribution in [0.3, 0.4) is 0 Å². The number of allylic oxidation sites excluding steroid dienone is 4. The van der Waals surface area contributed by atoms with Gasteiger partial charge in [-0.1, -0.05) is 28.9 Å². The minimum atomic E-state index is 0.160. The molecule has 0 aliphatic rings. The van der Waals surface area contributed by atoms with Gasteiger partial charge in [-0.05, 0) is 52.9 Å². The first-order valence-corrected chi connectivity index (χ1v) is 6.12. The fourth-order valence-corrected chi connectivity index (χ4v) is 1.58. The van der Waals surface area contributed by atoms with Crippen LogP contribution in [0.2, 0.25) is 0 Å². The molecule has 0 amide bonds. The molecule has 0 saturated carbocycles. The van der Waals surface area contributed by atoms with Crippen LogP contribution in [0.5, 0.6) is 0 Å². The largest absolute Gasteiger partial charge is 0.392 e. The van der Waals surface area contributed by atoms with Crippen LogP contribution in [-0.2, 0) is 0 Å². The van der Waals surface area contributed by atoms with Crippen LogP contribution in [-0.4, -0.2) is 11.7 Å². The molecule has 1 nitrogen and oxygen atoms in total. The molecule has 0 fully saturated rings. The zero-order valence-electron chi connectivity index (χ0n) is 11.1. The minimum absolute atomic E-state index is 0.160. The van der Waals surface area contributed by atoms with Gasteiger partial charge in [-0.3, -0.25) is 0 Å². The van der Waals surface area contributed by atoms with Gasteiger partial charge in [0.25, 0.3) is 0 Å². The molecule has 0 aliphatic carbocycles. The fourth-order valence-electron chi connectivity index (χ4n) is 1.58. The van der Waals surface area contributed by atoms with Crippen LogP contribution in [0.1, 0.15) is 52.9 Å². The van der Waals surface area contributed by atoms with E-state index in [0.29, 0.717) is 0 Å². The van der Waals surface area contributed by atoms with E-state index in [0.717, 1.165) is 19.3 Å². The predicted molar refractivity (Wildman–Crippen MR) is 72.5 cm³/mol. The van der Waals surface area contributed by atoms with Crippen LogP contribution < -0.4 is 0 Å². The maximum atomic E-state index is 8.71. The third kappa shape index (κ3) is 9.72. The molecule has 0 atom stereocenters. The molecule has 0 aromatic rings. The van der Waals surface area contributed by atoms with E-state index >= 15 is 0 Å². The fraction of sp³-hybridized carbons (Fsp3) is 0.600. The molecule has 0 rings (SSSR count). The smallest absolute Gasteiger partial charge is 0.0614 e. The first-order valence-electron chi connectivity index (χ1n) is 6.12. The molecule has 0 radical (unpaired) electrons. The summed E-state index contributed by atoms with van der Waals surface area (Å²) in [5.41, 5.74) is 4.01. The second-order valence-corrected chi connectivity index (χ2v) is 4.63. The van der Waals surface area contributed by atoms with Gasteiger partial charge in [-0.25, -0.2) is 0 Å². The van der Waals surface area contributed by atoms with E-state index in [1.165, 1.54) is 29.6 Å². The Bertz CT molecular complexity index is 259. The number of hydrogen-bond donors (Lipinski definition) is 1. The van der Waals surface area contributed by atoms with E-state index in [2.05, 4.69) is 33.4 Å². The molecule has 92 valence electrons. The molecule has 1 heteroatoms. The summed E-state index contributed by atoms with van der Waals surface area (Å²) >= 11 is 0. The van der Waals surface area contributed by atoms with Gasteiger partial charge in [-0.15, -0.1) is 6.58 Å². The van der Waals surface area contributed by atoms with Crippen molar-refractivity contribution < 1.29 is 5.11 Å². The summed E-state index contributed by atoms with van der Waals surface area (Å²) < 4.78 is 0. The van der Waals surface area contributed by atoms with E-state index in [9.17, 15) is 0 Å². The Morgan fingerprint density at radius 1 is 1.00 bits per heavy atom. The molecule has 0 unspecified atom stereocenters. The van der Waals surface area contributed by atoms with E-state index in [1.807, 2.05) is 6.08 Å². The second-order valence-electron chi connectivity index (χ2n) is 4.63. The van der Waals surface area contributed by atoms with Crippen LogP contribution in [0.25, 0.3) is 0 Å². The molecule has 16 heavy (non-hydrogen) atoms. The summed E-state index contributed by atoms with van der Waals surface area (Å²) in [6, 6.07) is 0. The molecular weight excluding hydrogens is 196 g/mol. The number of aliphatic hydroxyl groups excluding tert-OH is 1. The molecule has 0 spiro atoms. The molecule has 0 heterocycles. The molecule has 0 aromatic carbocycles. The van der Waals surface area contributed by atoms with E-state index in [4.69, 9.17) is 5.11 Å². The maximum Gasteiger partial charge on any atom is 0.0614 e. The van der Waals surface area contributed by atoms with Crippen molar-refractivity contribution in [2.45, 2.75) is 52.9 Å². The highest BCUT2D eigenvalue weighted by atomic mass is 16.2. The van der Waals surface area contributed by atoms with Gasteiger partial charge in [0.1, 0.15) is 0 Å². The van der Waals surface area contributed by atoms with Crippen molar-refractivity contribution in [2.24, 2.45) is 0 Å². The van der Waals surface area contributed by atoms with Crippen molar-refractivity contribution in [2.75, 3.05) is 6.61 Å². The predicted octanol–water partition coefficient (Wildman–Crippen LogP) is 4.40. The van der Waals surface area contributed by atoms with Crippen LogP contribution in [0, 0.1) is 0 Å². The molecule has 1 N–H and O–H groups in total. The van der Waals surface area contributed by atoms with Gasteiger partial charge < -0.3 is 5.11 Å². The lowest BCUT2D eigenvalue weighted by atomic mass is 10.0. The normalized spacial score (nSPS) is 13.0. The van der Waals surface area contributed by atoms with Gasteiger partial charge in [0.05, 0.1) is 6.61 Å². The Kier molecular flexibility index (Phi) is 8.93. The van der Waals surface area contributed by atoms with Crippen molar-refractivity contribution in [3.63, 3.8) is 0 Å². The first-order chi connectivity index (χ1) is 7.56. The zero-order chi connectivity index (χ0) is 12.4. The Morgan fingerprint density at radius 3 is 2.19 bits per heavy atom. The summed E-state index contributed by atoms with van der Waals surface area (Å²) in [7, 11) is 0. The van der Waals surface area contributed by atoms with Gasteiger partial charge >= 0.3 is 0 Å². The van der Waals surface area contributed by atoms with Crippen molar-refractivity contribution in [1.29, 1.82) is 0 Å². The van der Waals surface area contributed by atoms with Crippen LogP contribution >= 0.6 is 0 Å². The quantitative estimate of drug-likeness (QED) is 0.604. The van der Waals surface area contributed by atoms with Gasteiger partial charge in [0.15, 0.2) is 0 Å². The molecular formula is C15H26O. The van der Waals surface area contributed by atoms with Gasteiger partial charge in [0, 0.05) is 0 Å². The highest BCUT2D eigenvalue weighted by molar-refractivity contribution is 5.04.